The van der Waals surface area contributed by atoms with Crippen LogP contribution in [0.3, 0.4) is 0 Å². The Balaban J connectivity index is 0. The summed E-state index contributed by atoms with van der Waals surface area (Å²) in [7, 11) is 0. The summed E-state index contributed by atoms with van der Waals surface area (Å²) < 4.78 is 0. The van der Waals surface area contributed by atoms with Gasteiger partial charge in [-0.15, -0.1) is 6.61 Å². The number of nitrogens with zero attached hydrogens (tertiary/aromatic N) is 1. The normalized spacial score (nSPS) is 10.9. The van der Waals surface area contributed by atoms with Crippen molar-refractivity contribution < 1.29 is 34.7 Å². The Morgan fingerprint density at radius 3 is 1.55 bits per heavy atom. The third-order valence-electron chi connectivity index (χ3n) is 1.68. The van der Waals surface area contributed by atoms with E-state index in [1.165, 1.54) is 0 Å². The first-order valence-corrected chi connectivity index (χ1v) is 3.93. The van der Waals surface area contributed by atoms with E-state index in [-0.39, 0.29) is 36.2 Å². The zero-order valence-corrected chi connectivity index (χ0v) is 10.4. The third-order valence-corrected chi connectivity index (χ3v) is 1.68. The second kappa shape index (κ2) is 7.56. The topological polar surface area (TPSA) is 26.3 Å². The molecule has 0 saturated carbocycles. The van der Waals surface area contributed by atoms with Crippen molar-refractivity contribution in [3.63, 3.8) is 0 Å². The standard InChI is InChI=1S/C8H18NO.Na/c1-7(2)9(5-6-10)8(3)4;/h7-8H,5-6H2,1-4H3;/q-1;+1. The van der Waals surface area contributed by atoms with Crippen molar-refractivity contribution in [2.45, 2.75) is 39.8 Å². The molecule has 2 nitrogen and oxygen atoms in total. The number of rotatable bonds is 4. The van der Waals surface area contributed by atoms with Crippen molar-refractivity contribution >= 4 is 0 Å². The van der Waals surface area contributed by atoms with Crippen molar-refractivity contribution in [3.8, 4) is 0 Å². The molecule has 0 aromatic carbocycles. The van der Waals surface area contributed by atoms with Crippen LogP contribution in [0.4, 0.5) is 0 Å². The van der Waals surface area contributed by atoms with Gasteiger partial charge in [0.05, 0.1) is 0 Å². The van der Waals surface area contributed by atoms with Gasteiger partial charge in [-0.25, -0.2) is 0 Å². The summed E-state index contributed by atoms with van der Waals surface area (Å²) >= 11 is 0. The van der Waals surface area contributed by atoms with E-state index in [1.807, 2.05) is 0 Å². The first kappa shape index (κ1) is 14.4. The molecule has 0 unspecified atom stereocenters. The van der Waals surface area contributed by atoms with Gasteiger partial charge in [-0.05, 0) is 34.2 Å². The van der Waals surface area contributed by atoms with E-state index in [0.29, 0.717) is 18.6 Å². The molecule has 3 heteroatoms. The fourth-order valence-corrected chi connectivity index (χ4v) is 1.22. The Kier molecular flexibility index (Phi) is 9.93. The molecule has 0 heterocycles. The van der Waals surface area contributed by atoms with Crippen LogP contribution in [-0.4, -0.2) is 30.1 Å². The van der Waals surface area contributed by atoms with Gasteiger partial charge < -0.3 is 5.11 Å². The average Bonchev–Trinajstić information content (AvgIpc) is 1.81. The molecule has 0 radical (unpaired) electrons. The first-order valence-electron chi connectivity index (χ1n) is 3.93. The van der Waals surface area contributed by atoms with E-state index in [2.05, 4.69) is 32.6 Å². The Hall–Kier alpha value is 0.920. The van der Waals surface area contributed by atoms with Crippen LogP contribution in [-0.2, 0) is 0 Å². The maximum absolute atomic E-state index is 10.3. The molecule has 0 aliphatic carbocycles. The summed E-state index contributed by atoms with van der Waals surface area (Å²) in [5.41, 5.74) is 0. The molecule has 0 spiro atoms. The molecule has 0 N–H and O–H groups in total. The molecule has 0 aliphatic rings. The van der Waals surface area contributed by atoms with Gasteiger partial charge in [0.25, 0.3) is 0 Å². The van der Waals surface area contributed by atoms with E-state index < -0.39 is 0 Å². The van der Waals surface area contributed by atoms with Crippen molar-refractivity contribution in [3.05, 3.63) is 0 Å². The quantitative estimate of drug-likeness (QED) is 0.432. The molecular formula is C8H18NNaO. The summed E-state index contributed by atoms with van der Waals surface area (Å²) in [6.07, 6.45) is 0. The van der Waals surface area contributed by atoms with Crippen LogP contribution in [0.1, 0.15) is 27.7 Å². The van der Waals surface area contributed by atoms with Gasteiger partial charge in [0.15, 0.2) is 0 Å². The molecule has 0 bridgehead atoms. The summed E-state index contributed by atoms with van der Waals surface area (Å²) in [5.74, 6) is 0. The largest absolute Gasteiger partial charge is 1.00 e. The average molecular weight is 167 g/mol. The van der Waals surface area contributed by atoms with Crippen LogP contribution in [0.2, 0.25) is 0 Å². The first-order chi connectivity index (χ1) is 4.59. The van der Waals surface area contributed by atoms with E-state index in [0.717, 1.165) is 0 Å². The Bertz CT molecular complexity index is 78.2. The second-order valence-corrected chi connectivity index (χ2v) is 3.13. The minimum absolute atomic E-state index is 0. The maximum Gasteiger partial charge on any atom is 1.00 e. The van der Waals surface area contributed by atoms with Crippen molar-refractivity contribution in [2.24, 2.45) is 0 Å². The zero-order valence-electron chi connectivity index (χ0n) is 8.42. The number of hydrogen-bond acceptors (Lipinski definition) is 2. The molecule has 0 aliphatic heterocycles. The van der Waals surface area contributed by atoms with E-state index in [1.54, 1.807) is 0 Å². The van der Waals surface area contributed by atoms with Crippen LogP contribution in [0.25, 0.3) is 0 Å². The van der Waals surface area contributed by atoms with E-state index in [4.69, 9.17) is 0 Å². The molecule has 0 aromatic rings. The molecule has 0 fully saturated rings. The molecule has 0 amide bonds. The summed E-state index contributed by atoms with van der Waals surface area (Å²) in [4.78, 5) is 2.20. The molecule has 62 valence electrons. The minimum Gasteiger partial charge on any atom is -0.854 e. The number of hydrogen-bond donors (Lipinski definition) is 0. The Morgan fingerprint density at radius 1 is 1.09 bits per heavy atom. The molecule has 0 atom stereocenters. The van der Waals surface area contributed by atoms with Crippen LogP contribution in [0.15, 0.2) is 0 Å². The molecule has 0 saturated heterocycles. The summed E-state index contributed by atoms with van der Waals surface area (Å²) in [6.45, 7) is 9.17. The molecule has 11 heavy (non-hydrogen) atoms. The van der Waals surface area contributed by atoms with Crippen LogP contribution >= 0.6 is 0 Å². The van der Waals surface area contributed by atoms with Gasteiger partial charge in [0.2, 0.25) is 0 Å². The SMILES string of the molecule is CC(C)N(CC[O-])C(C)C.[Na+]. The second-order valence-electron chi connectivity index (χ2n) is 3.13. The molecule has 0 rings (SSSR count). The predicted octanol–water partition coefficient (Wildman–Crippen LogP) is -2.53. The van der Waals surface area contributed by atoms with Gasteiger partial charge in [0, 0.05) is 12.1 Å². The fourth-order valence-electron chi connectivity index (χ4n) is 1.22. The predicted molar refractivity (Wildman–Crippen MR) is 41.8 cm³/mol. The summed E-state index contributed by atoms with van der Waals surface area (Å²) in [5, 5.41) is 10.3. The smallest absolute Gasteiger partial charge is 0.854 e. The van der Waals surface area contributed by atoms with Crippen molar-refractivity contribution in [1.82, 2.24) is 4.90 Å². The van der Waals surface area contributed by atoms with Gasteiger partial charge in [-0.1, -0.05) is 0 Å². The maximum atomic E-state index is 10.3. The Morgan fingerprint density at radius 2 is 1.45 bits per heavy atom. The molecule has 0 aromatic heterocycles. The van der Waals surface area contributed by atoms with E-state index >= 15 is 0 Å². The molecular weight excluding hydrogens is 149 g/mol. The van der Waals surface area contributed by atoms with Gasteiger partial charge in [-0.3, -0.25) is 4.90 Å². The van der Waals surface area contributed by atoms with Crippen LogP contribution < -0.4 is 34.7 Å². The third kappa shape index (κ3) is 6.12. The zero-order chi connectivity index (χ0) is 8.15. The van der Waals surface area contributed by atoms with Crippen LogP contribution in [0, 0.1) is 0 Å². The Labute approximate surface area is 92.3 Å². The minimum atomic E-state index is 0. The van der Waals surface area contributed by atoms with Crippen molar-refractivity contribution in [2.75, 3.05) is 13.2 Å². The van der Waals surface area contributed by atoms with Gasteiger partial charge in [-0.2, -0.15) is 0 Å². The fraction of sp³-hybridized carbons (Fsp3) is 1.00. The summed E-state index contributed by atoms with van der Waals surface area (Å²) in [6, 6.07) is 0.989. The van der Waals surface area contributed by atoms with Crippen molar-refractivity contribution in [1.29, 1.82) is 0 Å². The van der Waals surface area contributed by atoms with Gasteiger partial charge >= 0.3 is 29.6 Å². The van der Waals surface area contributed by atoms with Gasteiger partial charge in [0.1, 0.15) is 0 Å². The monoisotopic (exact) mass is 167 g/mol. The van der Waals surface area contributed by atoms with E-state index in [9.17, 15) is 5.11 Å². The van der Waals surface area contributed by atoms with Crippen LogP contribution in [0.5, 0.6) is 0 Å².